The number of halogens is 3. The van der Waals surface area contributed by atoms with E-state index in [1.54, 1.807) is 0 Å². The van der Waals surface area contributed by atoms with Gasteiger partial charge in [-0.25, -0.2) is 0 Å². The Balaban J connectivity index is 2.79. The summed E-state index contributed by atoms with van der Waals surface area (Å²) >= 11 is 0. The number of ether oxygens (including phenoxy) is 1. The van der Waals surface area contributed by atoms with E-state index in [-0.39, 0.29) is 13.0 Å². The summed E-state index contributed by atoms with van der Waals surface area (Å²) in [5, 5.41) is 0. The third kappa shape index (κ3) is 1.40. The highest BCUT2D eigenvalue weighted by atomic mass is 19.4. The van der Waals surface area contributed by atoms with Crippen LogP contribution >= 0.6 is 0 Å². The standard InChI is InChI=1S/C8H11F3O2/c1-3-13-6(12)7(4-5(7)2)8(9,10)11/h5H,3-4H2,1-2H3. The van der Waals surface area contributed by atoms with E-state index in [1.165, 1.54) is 13.8 Å². The lowest BCUT2D eigenvalue weighted by Gasteiger charge is -2.18. The molecule has 0 N–H and O–H groups in total. The van der Waals surface area contributed by atoms with E-state index in [0.717, 1.165) is 0 Å². The zero-order valence-corrected chi connectivity index (χ0v) is 7.44. The highest BCUT2D eigenvalue weighted by Crippen LogP contribution is 2.62. The summed E-state index contributed by atoms with van der Waals surface area (Å²) in [4.78, 5) is 11.0. The molecule has 2 unspecified atom stereocenters. The molecule has 1 aliphatic rings. The second kappa shape index (κ2) is 2.89. The van der Waals surface area contributed by atoms with Crippen LogP contribution in [0.25, 0.3) is 0 Å². The predicted octanol–water partition coefficient (Wildman–Crippen LogP) is 2.14. The summed E-state index contributed by atoms with van der Waals surface area (Å²) in [7, 11) is 0. The first-order chi connectivity index (χ1) is 5.86. The van der Waals surface area contributed by atoms with Gasteiger partial charge < -0.3 is 4.74 Å². The normalized spacial score (nSPS) is 32.8. The first kappa shape index (κ1) is 10.3. The molecule has 2 atom stereocenters. The monoisotopic (exact) mass is 196 g/mol. The lowest BCUT2D eigenvalue weighted by molar-refractivity contribution is -0.209. The lowest BCUT2D eigenvalue weighted by atomic mass is 10.0. The van der Waals surface area contributed by atoms with Crippen LogP contribution in [0.1, 0.15) is 20.3 Å². The number of hydrogen-bond donors (Lipinski definition) is 0. The fourth-order valence-electron chi connectivity index (χ4n) is 1.48. The van der Waals surface area contributed by atoms with Crippen molar-refractivity contribution in [3.63, 3.8) is 0 Å². The number of rotatable bonds is 2. The molecule has 0 aromatic heterocycles. The lowest BCUT2D eigenvalue weighted by Crippen LogP contribution is -2.35. The van der Waals surface area contributed by atoms with Gasteiger partial charge in [0.1, 0.15) is 0 Å². The van der Waals surface area contributed by atoms with Gasteiger partial charge in [0.05, 0.1) is 6.61 Å². The zero-order chi connectivity index (χ0) is 10.3. The highest BCUT2D eigenvalue weighted by molar-refractivity contribution is 5.81. The maximum Gasteiger partial charge on any atom is 0.405 e. The van der Waals surface area contributed by atoms with Gasteiger partial charge in [0.25, 0.3) is 0 Å². The highest BCUT2D eigenvalue weighted by Gasteiger charge is 2.74. The molecule has 0 aliphatic heterocycles. The number of hydrogen-bond acceptors (Lipinski definition) is 2. The first-order valence-electron chi connectivity index (χ1n) is 4.10. The molecule has 1 aliphatic carbocycles. The Morgan fingerprint density at radius 3 is 2.31 bits per heavy atom. The van der Waals surface area contributed by atoms with Crippen LogP contribution in [0.3, 0.4) is 0 Å². The molecule has 76 valence electrons. The second-order valence-electron chi connectivity index (χ2n) is 3.29. The predicted molar refractivity (Wildman–Crippen MR) is 38.9 cm³/mol. The maximum absolute atomic E-state index is 12.4. The molecule has 0 aromatic carbocycles. The van der Waals surface area contributed by atoms with E-state index >= 15 is 0 Å². The van der Waals surface area contributed by atoms with Crippen LogP contribution in [-0.4, -0.2) is 18.8 Å². The largest absolute Gasteiger partial charge is 0.465 e. The molecule has 0 spiro atoms. The third-order valence-electron chi connectivity index (χ3n) is 2.45. The van der Waals surface area contributed by atoms with Gasteiger partial charge in [0, 0.05) is 0 Å². The molecule has 13 heavy (non-hydrogen) atoms. The Labute approximate surface area is 74.1 Å². The van der Waals surface area contributed by atoms with Crippen LogP contribution in [0.5, 0.6) is 0 Å². The zero-order valence-electron chi connectivity index (χ0n) is 7.44. The number of alkyl halides is 3. The van der Waals surface area contributed by atoms with Gasteiger partial charge in [-0.3, -0.25) is 4.79 Å². The molecule has 1 rings (SSSR count). The molecule has 0 aromatic rings. The average Bonchev–Trinajstić information content (AvgIpc) is 2.62. The van der Waals surface area contributed by atoms with E-state index in [4.69, 9.17) is 0 Å². The van der Waals surface area contributed by atoms with E-state index in [9.17, 15) is 18.0 Å². The minimum Gasteiger partial charge on any atom is -0.465 e. The minimum absolute atomic E-state index is 0.0105. The van der Waals surface area contributed by atoms with Crippen LogP contribution < -0.4 is 0 Å². The summed E-state index contributed by atoms with van der Waals surface area (Å²) in [6, 6.07) is 0. The van der Waals surface area contributed by atoms with E-state index in [0.29, 0.717) is 0 Å². The van der Waals surface area contributed by atoms with Crippen LogP contribution in [-0.2, 0) is 9.53 Å². The molecular weight excluding hydrogens is 185 g/mol. The quantitative estimate of drug-likeness (QED) is 0.632. The summed E-state index contributed by atoms with van der Waals surface area (Å²) in [5.41, 5.74) is -2.21. The molecule has 0 heterocycles. The number of carbonyl (C=O) groups is 1. The molecule has 0 saturated heterocycles. The molecule has 0 bridgehead atoms. The van der Waals surface area contributed by atoms with Crippen molar-refractivity contribution in [2.24, 2.45) is 11.3 Å². The number of carbonyl (C=O) groups excluding carboxylic acids is 1. The fraction of sp³-hybridized carbons (Fsp3) is 0.875. The Morgan fingerprint density at radius 1 is 1.62 bits per heavy atom. The van der Waals surface area contributed by atoms with Gasteiger partial charge in [-0.1, -0.05) is 6.92 Å². The molecule has 5 heteroatoms. The van der Waals surface area contributed by atoms with Gasteiger partial charge in [-0.15, -0.1) is 0 Å². The second-order valence-corrected chi connectivity index (χ2v) is 3.29. The Hall–Kier alpha value is -0.740. The molecule has 1 saturated carbocycles. The van der Waals surface area contributed by atoms with Crippen molar-refractivity contribution in [3.8, 4) is 0 Å². The van der Waals surface area contributed by atoms with E-state index in [1.807, 2.05) is 0 Å². The molecule has 0 radical (unpaired) electrons. The Morgan fingerprint density at radius 2 is 2.08 bits per heavy atom. The van der Waals surface area contributed by atoms with Crippen molar-refractivity contribution < 1.29 is 22.7 Å². The van der Waals surface area contributed by atoms with Crippen molar-refractivity contribution in [3.05, 3.63) is 0 Å². The van der Waals surface area contributed by atoms with Gasteiger partial charge in [-0.2, -0.15) is 13.2 Å². The number of esters is 1. The Kier molecular flexibility index (Phi) is 2.30. The average molecular weight is 196 g/mol. The summed E-state index contributed by atoms with van der Waals surface area (Å²) in [6.45, 7) is 2.89. The minimum atomic E-state index is -4.47. The molecule has 0 amide bonds. The van der Waals surface area contributed by atoms with Gasteiger partial charge in [0.15, 0.2) is 5.41 Å². The third-order valence-corrected chi connectivity index (χ3v) is 2.45. The van der Waals surface area contributed by atoms with Crippen molar-refractivity contribution in [2.45, 2.75) is 26.4 Å². The van der Waals surface area contributed by atoms with Gasteiger partial charge in [-0.05, 0) is 19.3 Å². The fourth-order valence-corrected chi connectivity index (χ4v) is 1.48. The molecule has 1 fully saturated rings. The molecule has 2 nitrogen and oxygen atoms in total. The van der Waals surface area contributed by atoms with Crippen molar-refractivity contribution in [2.75, 3.05) is 6.61 Å². The van der Waals surface area contributed by atoms with E-state index < -0.39 is 23.5 Å². The summed E-state index contributed by atoms with van der Waals surface area (Å²) in [5.74, 6) is -1.78. The van der Waals surface area contributed by atoms with Crippen molar-refractivity contribution in [1.29, 1.82) is 0 Å². The molecular formula is C8H11F3O2. The maximum atomic E-state index is 12.4. The van der Waals surface area contributed by atoms with E-state index in [2.05, 4.69) is 4.74 Å². The summed E-state index contributed by atoms with van der Waals surface area (Å²) < 4.78 is 41.7. The van der Waals surface area contributed by atoms with Crippen molar-refractivity contribution in [1.82, 2.24) is 0 Å². The van der Waals surface area contributed by atoms with Gasteiger partial charge in [0.2, 0.25) is 0 Å². The van der Waals surface area contributed by atoms with Crippen LogP contribution in [0, 0.1) is 11.3 Å². The van der Waals surface area contributed by atoms with Crippen LogP contribution in [0.2, 0.25) is 0 Å². The Bertz CT molecular complexity index is 224. The van der Waals surface area contributed by atoms with Crippen LogP contribution in [0.4, 0.5) is 13.2 Å². The smallest absolute Gasteiger partial charge is 0.405 e. The SMILES string of the molecule is CCOC(=O)C1(C(F)(F)F)CC1C. The van der Waals surface area contributed by atoms with Gasteiger partial charge >= 0.3 is 12.1 Å². The summed E-state index contributed by atoms with van der Waals surface area (Å²) in [6.07, 6.45) is -4.62. The first-order valence-corrected chi connectivity index (χ1v) is 4.10. The van der Waals surface area contributed by atoms with Crippen LogP contribution in [0.15, 0.2) is 0 Å². The van der Waals surface area contributed by atoms with Crippen molar-refractivity contribution >= 4 is 5.97 Å². The topological polar surface area (TPSA) is 26.3 Å².